The van der Waals surface area contributed by atoms with E-state index in [1.54, 1.807) is 18.2 Å². The Hall–Kier alpha value is -1.49. The second-order valence-electron chi connectivity index (χ2n) is 7.26. The normalized spacial score (nSPS) is 11.0. The average Bonchev–Trinajstić information content (AvgIpc) is 2.72. The number of nitrogens with one attached hydrogen (secondary N) is 1. The van der Waals surface area contributed by atoms with Crippen LogP contribution in [0.25, 0.3) is 0 Å². The van der Waals surface area contributed by atoms with E-state index in [0.29, 0.717) is 40.3 Å². The molecule has 0 aliphatic carbocycles. The molecule has 2 rings (SSSR count). The van der Waals surface area contributed by atoms with Gasteiger partial charge >= 0.3 is 0 Å². The zero-order chi connectivity index (χ0) is 21.8. The van der Waals surface area contributed by atoms with Gasteiger partial charge in [0.05, 0.1) is 11.6 Å². The number of unbranched alkanes of at least 4 members (excludes halogenated alkanes) is 5. The minimum atomic E-state index is -0.401. The molecule has 2 aromatic carbocycles. The van der Waals surface area contributed by atoms with E-state index in [9.17, 15) is 4.39 Å². The minimum absolute atomic E-state index is 0.00244. The summed E-state index contributed by atoms with van der Waals surface area (Å²) < 4.78 is 25.5. The van der Waals surface area contributed by atoms with E-state index in [0.717, 1.165) is 18.5 Å². The van der Waals surface area contributed by atoms with Gasteiger partial charge in [-0.15, -0.1) is 0 Å². The summed E-state index contributed by atoms with van der Waals surface area (Å²) in [6.07, 6.45) is 7.61. The maximum absolute atomic E-state index is 14.0. The number of halogens is 3. The van der Waals surface area contributed by atoms with Crippen molar-refractivity contribution in [1.82, 2.24) is 5.32 Å². The Bertz CT molecular complexity index is 766. The third-order valence-electron chi connectivity index (χ3n) is 4.87. The third kappa shape index (κ3) is 7.98. The van der Waals surface area contributed by atoms with Crippen LogP contribution in [0, 0.1) is 5.82 Å². The maximum Gasteiger partial charge on any atom is 0.163 e. The molecule has 0 radical (unpaired) electrons. The highest BCUT2D eigenvalue weighted by atomic mass is 35.5. The van der Waals surface area contributed by atoms with Crippen molar-refractivity contribution < 1.29 is 13.9 Å². The highest BCUT2D eigenvalue weighted by molar-refractivity contribution is 6.31. The summed E-state index contributed by atoms with van der Waals surface area (Å²) >= 11 is 12.6. The first-order valence-corrected chi connectivity index (χ1v) is 11.5. The van der Waals surface area contributed by atoms with Crippen molar-refractivity contribution in [1.29, 1.82) is 0 Å². The first-order valence-electron chi connectivity index (χ1n) is 10.8. The lowest BCUT2D eigenvalue weighted by Gasteiger charge is -2.16. The van der Waals surface area contributed by atoms with Crippen molar-refractivity contribution in [3.63, 3.8) is 0 Å². The molecule has 0 unspecified atom stereocenters. The Kier molecular flexibility index (Phi) is 11.3. The van der Waals surface area contributed by atoms with Crippen LogP contribution in [0.4, 0.5) is 4.39 Å². The van der Waals surface area contributed by atoms with Gasteiger partial charge in [-0.05, 0) is 43.7 Å². The Morgan fingerprint density at radius 2 is 1.63 bits per heavy atom. The van der Waals surface area contributed by atoms with Crippen LogP contribution < -0.4 is 14.8 Å². The number of hydrogen-bond donors (Lipinski definition) is 1. The fraction of sp³-hybridized carbons (Fsp3) is 0.500. The molecule has 30 heavy (non-hydrogen) atoms. The lowest BCUT2D eigenvalue weighted by molar-refractivity contribution is 0.265. The number of ether oxygens (including phenoxy) is 2. The molecule has 3 nitrogen and oxygen atoms in total. The molecule has 166 valence electrons. The molecule has 1 N–H and O–H groups in total. The summed E-state index contributed by atoms with van der Waals surface area (Å²) in [4.78, 5) is 0. The molecular formula is C24H32Cl2FNO2. The number of rotatable bonds is 14. The molecule has 0 spiro atoms. The van der Waals surface area contributed by atoms with Gasteiger partial charge in [0.2, 0.25) is 0 Å². The number of hydrogen-bond acceptors (Lipinski definition) is 3. The van der Waals surface area contributed by atoms with Crippen molar-refractivity contribution >= 4 is 23.2 Å². The van der Waals surface area contributed by atoms with Gasteiger partial charge in [-0.1, -0.05) is 68.3 Å². The van der Waals surface area contributed by atoms with E-state index >= 15 is 0 Å². The van der Waals surface area contributed by atoms with Crippen LogP contribution in [0.5, 0.6) is 11.5 Å². The van der Waals surface area contributed by atoms with Gasteiger partial charge in [-0.3, -0.25) is 0 Å². The van der Waals surface area contributed by atoms with Gasteiger partial charge < -0.3 is 14.8 Å². The molecular weight excluding hydrogens is 424 g/mol. The molecule has 0 aliphatic heterocycles. The Morgan fingerprint density at radius 3 is 2.37 bits per heavy atom. The molecule has 0 aromatic heterocycles. The molecule has 0 fully saturated rings. The van der Waals surface area contributed by atoms with Crippen molar-refractivity contribution in [3.8, 4) is 11.5 Å². The van der Waals surface area contributed by atoms with Crippen LogP contribution >= 0.6 is 23.2 Å². The molecule has 0 heterocycles. The summed E-state index contributed by atoms with van der Waals surface area (Å²) in [5, 5.41) is 4.36. The molecule has 2 aromatic rings. The SMILES string of the molecule is CCCCCCCCNCc1cc(OCC)c(OCc2c(F)cccc2Cl)cc1Cl. The summed E-state index contributed by atoms with van der Waals surface area (Å²) in [6.45, 7) is 6.24. The van der Waals surface area contributed by atoms with E-state index in [1.165, 1.54) is 38.2 Å². The quantitative estimate of drug-likeness (QED) is 0.298. The van der Waals surface area contributed by atoms with E-state index in [1.807, 2.05) is 13.0 Å². The van der Waals surface area contributed by atoms with Gasteiger partial charge in [0.1, 0.15) is 12.4 Å². The number of benzene rings is 2. The predicted octanol–water partition coefficient (Wildman–Crippen LogP) is 7.56. The summed E-state index contributed by atoms with van der Waals surface area (Å²) in [7, 11) is 0. The van der Waals surface area contributed by atoms with Crippen molar-refractivity contribution in [2.24, 2.45) is 0 Å². The highest BCUT2D eigenvalue weighted by Gasteiger charge is 2.14. The molecule has 0 saturated heterocycles. The van der Waals surface area contributed by atoms with Crippen LogP contribution in [0.15, 0.2) is 30.3 Å². The third-order valence-corrected chi connectivity index (χ3v) is 5.57. The van der Waals surface area contributed by atoms with Gasteiger partial charge in [0.25, 0.3) is 0 Å². The molecule has 6 heteroatoms. The molecule has 0 saturated carbocycles. The Morgan fingerprint density at radius 1 is 0.900 bits per heavy atom. The van der Waals surface area contributed by atoms with Gasteiger partial charge in [-0.25, -0.2) is 4.39 Å². The van der Waals surface area contributed by atoms with E-state index < -0.39 is 5.82 Å². The second-order valence-corrected chi connectivity index (χ2v) is 8.07. The first kappa shape index (κ1) is 24.8. The van der Waals surface area contributed by atoms with E-state index in [4.69, 9.17) is 32.7 Å². The fourth-order valence-electron chi connectivity index (χ4n) is 3.17. The van der Waals surface area contributed by atoms with Crippen LogP contribution in [-0.4, -0.2) is 13.2 Å². The van der Waals surface area contributed by atoms with Crippen LogP contribution in [0.2, 0.25) is 10.0 Å². The maximum atomic E-state index is 14.0. The Balaban J connectivity index is 1.94. The Labute approximate surface area is 189 Å². The molecule has 0 atom stereocenters. The lowest BCUT2D eigenvalue weighted by atomic mass is 10.1. The van der Waals surface area contributed by atoms with E-state index in [-0.39, 0.29) is 6.61 Å². The van der Waals surface area contributed by atoms with E-state index in [2.05, 4.69) is 12.2 Å². The van der Waals surface area contributed by atoms with Crippen molar-refractivity contribution in [2.45, 2.75) is 65.5 Å². The molecule has 0 aliphatic rings. The minimum Gasteiger partial charge on any atom is -0.490 e. The largest absolute Gasteiger partial charge is 0.490 e. The van der Waals surface area contributed by atoms with Gasteiger partial charge in [0, 0.05) is 23.2 Å². The lowest BCUT2D eigenvalue weighted by Crippen LogP contribution is -2.15. The van der Waals surface area contributed by atoms with Crippen LogP contribution in [0.1, 0.15) is 63.5 Å². The van der Waals surface area contributed by atoms with Crippen LogP contribution in [0.3, 0.4) is 0 Å². The summed E-state index contributed by atoms with van der Waals surface area (Å²) in [5.74, 6) is 0.661. The molecule has 0 bridgehead atoms. The highest BCUT2D eigenvalue weighted by Crippen LogP contribution is 2.35. The summed E-state index contributed by atoms with van der Waals surface area (Å²) in [5.41, 5.74) is 1.25. The van der Waals surface area contributed by atoms with Gasteiger partial charge in [0.15, 0.2) is 11.5 Å². The predicted molar refractivity (Wildman–Crippen MR) is 123 cm³/mol. The average molecular weight is 456 g/mol. The molecule has 0 amide bonds. The summed E-state index contributed by atoms with van der Waals surface area (Å²) in [6, 6.07) is 8.18. The zero-order valence-corrected chi connectivity index (χ0v) is 19.4. The standard InChI is InChI=1S/C24H32Cl2FNO2/c1-3-5-6-7-8-9-13-28-16-18-14-23(29-4-2)24(15-21(18)26)30-17-19-20(25)11-10-12-22(19)27/h10-12,14-15,28H,3-9,13,16-17H2,1-2H3. The van der Waals surface area contributed by atoms with Crippen molar-refractivity contribution in [2.75, 3.05) is 13.2 Å². The smallest absolute Gasteiger partial charge is 0.163 e. The fourth-order valence-corrected chi connectivity index (χ4v) is 3.61. The monoisotopic (exact) mass is 455 g/mol. The second kappa shape index (κ2) is 13.7. The van der Waals surface area contributed by atoms with Crippen LogP contribution in [-0.2, 0) is 13.2 Å². The zero-order valence-electron chi connectivity index (χ0n) is 17.9. The topological polar surface area (TPSA) is 30.5 Å². The first-order chi connectivity index (χ1) is 14.6. The van der Waals surface area contributed by atoms with Gasteiger partial charge in [-0.2, -0.15) is 0 Å². The van der Waals surface area contributed by atoms with Crippen molar-refractivity contribution in [3.05, 3.63) is 57.3 Å².